The molecule has 0 fully saturated rings. The predicted molar refractivity (Wildman–Crippen MR) is 75.3 cm³/mol. The lowest BCUT2D eigenvalue weighted by atomic mass is 9.96. The van der Waals surface area contributed by atoms with Crippen LogP contribution in [-0.2, 0) is 12.0 Å². The van der Waals surface area contributed by atoms with Crippen molar-refractivity contribution in [1.29, 1.82) is 0 Å². The Hall–Kier alpha value is -1.65. The molecule has 0 saturated carbocycles. The summed E-state index contributed by atoms with van der Waals surface area (Å²) in [6.07, 6.45) is 1.53. The minimum atomic E-state index is -0.927. The summed E-state index contributed by atoms with van der Waals surface area (Å²) in [6.45, 7) is 0.265. The van der Waals surface area contributed by atoms with Crippen LogP contribution in [0.1, 0.15) is 27.2 Å². The fourth-order valence-corrected chi connectivity index (χ4v) is 3.21. The third kappa shape index (κ3) is 2.29. The Balaban J connectivity index is 1.72. The number of fused-ring (bicyclic) bond motifs is 1. The Kier molecular flexibility index (Phi) is 3.12. The van der Waals surface area contributed by atoms with Crippen molar-refractivity contribution in [2.24, 2.45) is 0 Å². The van der Waals surface area contributed by atoms with Crippen LogP contribution in [-0.4, -0.2) is 17.6 Å². The van der Waals surface area contributed by atoms with Gasteiger partial charge in [0.15, 0.2) is 0 Å². The number of rotatable bonds is 3. The molecule has 4 heteroatoms. The van der Waals surface area contributed by atoms with Crippen molar-refractivity contribution in [2.45, 2.75) is 18.4 Å². The zero-order valence-electron chi connectivity index (χ0n) is 10.4. The highest BCUT2D eigenvalue weighted by atomic mass is 32.1. The molecule has 2 N–H and O–H groups in total. The molecule has 1 atom stereocenters. The van der Waals surface area contributed by atoms with E-state index in [9.17, 15) is 9.90 Å². The van der Waals surface area contributed by atoms with E-state index in [0.717, 1.165) is 12.0 Å². The average Bonchev–Trinajstić information content (AvgIpc) is 3.06. The van der Waals surface area contributed by atoms with Gasteiger partial charge in [0.05, 0.1) is 11.4 Å². The van der Waals surface area contributed by atoms with Crippen LogP contribution in [0.5, 0.6) is 0 Å². The standard InChI is InChI=1S/C15H15NO2S/c17-14(13-6-3-9-19-13)16-10-15(18)8-7-11-4-1-2-5-12(11)15/h1-6,9,18H,7-8,10H2,(H,16,17)/t15-/m0/s1. The Bertz CT molecular complexity index is 594. The lowest BCUT2D eigenvalue weighted by molar-refractivity contribution is 0.0370. The molecule has 0 unspecified atom stereocenters. The SMILES string of the molecule is O=C(NC[C@@]1(O)CCc2ccccc21)c1cccs1. The van der Waals surface area contributed by atoms with E-state index < -0.39 is 5.60 Å². The highest BCUT2D eigenvalue weighted by Crippen LogP contribution is 2.36. The van der Waals surface area contributed by atoms with Crippen molar-refractivity contribution in [1.82, 2.24) is 5.32 Å². The predicted octanol–water partition coefficient (Wildman–Crippen LogP) is 2.31. The van der Waals surface area contributed by atoms with Gasteiger partial charge in [0, 0.05) is 0 Å². The van der Waals surface area contributed by atoms with E-state index in [1.54, 1.807) is 6.07 Å². The molecular weight excluding hydrogens is 258 g/mol. The van der Waals surface area contributed by atoms with Gasteiger partial charge < -0.3 is 10.4 Å². The van der Waals surface area contributed by atoms with E-state index in [-0.39, 0.29) is 12.5 Å². The summed E-state index contributed by atoms with van der Waals surface area (Å²) in [6, 6.07) is 11.5. The van der Waals surface area contributed by atoms with Gasteiger partial charge in [0.1, 0.15) is 5.60 Å². The lowest BCUT2D eigenvalue weighted by Gasteiger charge is -2.24. The third-order valence-electron chi connectivity index (χ3n) is 3.61. The topological polar surface area (TPSA) is 49.3 Å². The van der Waals surface area contributed by atoms with Gasteiger partial charge in [0.2, 0.25) is 0 Å². The van der Waals surface area contributed by atoms with Crippen molar-refractivity contribution in [3.63, 3.8) is 0 Å². The van der Waals surface area contributed by atoms with Crippen molar-refractivity contribution < 1.29 is 9.90 Å². The summed E-state index contributed by atoms with van der Waals surface area (Å²) < 4.78 is 0. The summed E-state index contributed by atoms with van der Waals surface area (Å²) >= 11 is 1.40. The van der Waals surface area contributed by atoms with Crippen LogP contribution < -0.4 is 5.32 Å². The summed E-state index contributed by atoms with van der Waals surface area (Å²) in [4.78, 5) is 12.6. The molecule has 2 aromatic rings. The van der Waals surface area contributed by atoms with Crippen LogP contribution in [0, 0.1) is 0 Å². The Labute approximate surface area is 115 Å². The Morgan fingerprint density at radius 2 is 2.16 bits per heavy atom. The molecular formula is C15H15NO2S. The summed E-state index contributed by atoms with van der Waals surface area (Å²) in [7, 11) is 0. The number of aryl methyl sites for hydroxylation is 1. The van der Waals surface area contributed by atoms with Gasteiger partial charge >= 0.3 is 0 Å². The van der Waals surface area contributed by atoms with Crippen molar-refractivity contribution >= 4 is 17.2 Å². The minimum absolute atomic E-state index is 0.118. The molecule has 1 aliphatic rings. The number of benzene rings is 1. The van der Waals surface area contributed by atoms with Gasteiger partial charge in [-0.3, -0.25) is 4.79 Å². The molecule has 3 rings (SSSR count). The van der Waals surface area contributed by atoms with E-state index in [0.29, 0.717) is 11.3 Å². The zero-order chi connectivity index (χ0) is 13.3. The van der Waals surface area contributed by atoms with Gasteiger partial charge in [-0.25, -0.2) is 0 Å². The van der Waals surface area contributed by atoms with Crippen LogP contribution in [0.25, 0.3) is 0 Å². The molecule has 0 saturated heterocycles. The van der Waals surface area contributed by atoms with Crippen LogP contribution >= 0.6 is 11.3 Å². The van der Waals surface area contributed by atoms with E-state index >= 15 is 0 Å². The molecule has 98 valence electrons. The largest absolute Gasteiger partial charge is 0.383 e. The summed E-state index contributed by atoms with van der Waals surface area (Å²) in [5, 5.41) is 15.4. The van der Waals surface area contributed by atoms with Crippen LogP contribution in [0.4, 0.5) is 0 Å². The number of carbonyl (C=O) groups is 1. The molecule has 1 aliphatic carbocycles. The van der Waals surface area contributed by atoms with Gasteiger partial charge in [0.25, 0.3) is 5.91 Å². The van der Waals surface area contributed by atoms with Crippen molar-refractivity contribution in [3.05, 3.63) is 57.8 Å². The Morgan fingerprint density at radius 1 is 1.32 bits per heavy atom. The highest BCUT2D eigenvalue weighted by molar-refractivity contribution is 7.12. The van der Waals surface area contributed by atoms with Crippen molar-refractivity contribution in [3.8, 4) is 0 Å². The number of amides is 1. The number of hydrogen-bond donors (Lipinski definition) is 2. The average molecular weight is 273 g/mol. The first kappa shape index (κ1) is 12.4. The second kappa shape index (κ2) is 4.79. The quantitative estimate of drug-likeness (QED) is 0.901. The Morgan fingerprint density at radius 3 is 2.95 bits per heavy atom. The monoisotopic (exact) mass is 273 g/mol. The molecule has 1 heterocycles. The highest BCUT2D eigenvalue weighted by Gasteiger charge is 2.36. The molecule has 1 aromatic heterocycles. The summed E-state index contributed by atoms with van der Waals surface area (Å²) in [5.74, 6) is -0.118. The number of hydrogen-bond acceptors (Lipinski definition) is 3. The molecule has 0 radical (unpaired) electrons. The number of carbonyl (C=O) groups excluding carboxylic acids is 1. The maximum absolute atomic E-state index is 11.9. The van der Waals surface area contributed by atoms with Crippen molar-refractivity contribution in [2.75, 3.05) is 6.54 Å². The molecule has 1 aromatic carbocycles. The number of thiophene rings is 1. The smallest absolute Gasteiger partial charge is 0.261 e. The van der Waals surface area contributed by atoms with E-state index in [1.165, 1.54) is 16.9 Å². The normalized spacial score (nSPS) is 21.1. The summed E-state index contributed by atoms with van der Waals surface area (Å²) in [5.41, 5.74) is 1.20. The lowest BCUT2D eigenvalue weighted by Crippen LogP contribution is -2.39. The van der Waals surface area contributed by atoms with Gasteiger partial charge in [-0.15, -0.1) is 11.3 Å². The fraction of sp³-hybridized carbons (Fsp3) is 0.267. The number of aliphatic hydroxyl groups is 1. The van der Waals surface area contributed by atoms with Gasteiger partial charge in [-0.05, 0) is 35.4 Å². The third-order valence-corrected chi connectivity index (χ3v) is 4.48. The minimum Gasteiger partial charge on any atom is -0.383 e. The maximum Gasteiger partial charge on any atom is 0.261 e. The molecule has 1 amide bonds. The van der Waals surface area contributed by atoms with Crippen LogP contribution in [0.2, 0.25) is 0 Å². The second-order valence-corrected chi connectivity index (χ2v) is 5.80. The molecule has 0 bridgehead atoms. The molecule has 19 heavy (non-hydrogen) atoms. The molecule has 0 aliphatic heterocycles. The van der Waals surface area contributed by atoms with Crippen LogP contribution in [0.3, 0.4) is 0 Å². The van der Waals surface area contributed by atoms with E-state index in [2.05, 4.69) is 5.32 Å². The van der Waals surface area contributed by atoms with Gasteiger partial charge in [-0.2, -0.15) is 0 Å². The maximum atomic E-state index is 11.9. The first-order chi connectivity index (χ1) is 9.19. The number of nitrogens with one attached hydrogen (secondary N) is 1. The zero-order valence-corrected chi connectivity index (χ0v) is 11.2. The van der Waals surface area contributed by atoms with Crippen LogP contribution in [0.15, 0.2) is 41.8 Å². The first-order valence-corrected chi connectivity index (χ1v) is 7.19. The second-order valence-electron chi connectivity index (χ2n) is 4.85. The fourth-order valence-electron chi connectivity index (χ4n) is 2.57. The van der Waals surface area contributed by atoms with E-state index in [4.69, 9.17) is 0 Å². The first-order valence-electron chi connectivity index (χ1n) is 6.31. The molecule has 0 spiro atoms. The molecule has 3 nitrogen and oxygen atoms in total. The van der Waals surface area contributed by atoms with Gasteiger partial charge in [-0.1, -0.05) is 30.3 Å². The van der Waals surface area contributed by atoms with E-state index in [1.807, 2.05) is 35.7 Å².